The van der Waals surface area contributed by atoms with Gasteiger partial charge in [0.05, 0.1) is 28.1 Å². The molecule has 1 aromatic carbocycles. The van der Waals surface area contributed by atoms with Gasteiger partial charge in [-0.25, -0.2) is 18.7 Å². The van der Waals surface area contributed by atoms with Gasteiger partial charge in [-0.05, 0) is 42.3 Å². The summed E-state index contributed by atoms with van der Waals surface area (Å²) in [5.41, 5.74) is 4.91. The second-order valence-electron chi connectivity index (χ2n) is 5.85. The highest BCUT2D eigenvalue weighted by molar-refractivity contribution is 7.16. The third kappa shape index (κ3) is 4.27. The molecule has 3 heterocycles. The van der Waals surface area contributed by atoms with Crippen molar-refractivity contribution in [1.82, 2.24) is 15.0 Å². The predicted octanol–water partition coefficient (Wildman–Crippen LogP) is 5.62. The van der Waals surface area contributed by atoms with Gasteiger partial charge in [-0.15, -0.1) is 11.3 Å². The summed E-state index contributed by atoms with van der Waals surface area (Å²) in [6.45, 7) is 6.00. The number of carbonyl (C=O) groups excluding carboxylic acids is 1. The third-order valence-corrected chi connectivity index (χ3v) is 4.87. The molecule has 8 heteroatoms. The van der Waals surface area contributed by atoms with Crippen LogP contribution in [-0.4, -0.2) is 20.9 Å². The first kappa shape index (κ1) is 20.5. The van der Waals surface area contributed by atoms with Gasteiger partial charge < -0.3 is 5.32 Å². The van der Waals surface area contributed by atoms with Crippen molar-refractivity contribution < 1.29 is 13.6 Å². The molecule has 0 saturated carbocycles. The number of aromatic nitrogens is 3. The number of anilines is 1. The molecule has 0 aliphatic carbocycles. The van der Waals surface area contributed by atoms with E-state index in [-0.39, 0.29) is 5.82 Å². The number of amides is 1. The minimum atomic E-state index is -1.03. The molecule has 148 valence electrons. The lowest BCUT2D eigenvalue weighted by molar-refractivity contribution is 0.101. The maximum atomic E-state index is 13.6. The van der Waals surface area contributed by atoms with Crippen molar-refractivity contribution in [2.24, 2.45) is 0 Å². The SMILES string of the molecule is CC.Cc1cc2scnc2cc1-c1ccc(NC(=O)c2c(F)cncc2F)nc1. The van der Waals surface area contributed by atoms with Crippen LogP contribution in [0.5, 0.6) is 0 Å². The first-order valence-electron chi connectivity index (χ1n) is 8.93. The second-order valence-corrected chi connectivity index (χ2v) is 6.74. The highest BCUT2D eigenvalue weighted by Crippen LogP contribution is 2.29. The zero-order chi connectivity index (χ0) is 21.0. The normalized spacial score (nSPS) is 10.4. The van der Waals surface area contributed by atoms with Gasteiger partial charge >= 0.3 is 0 Å². The van der Waals surface area contributed by atoms with Crippen molar-refractivity contribution in [1.29, 1.82) is 0 Å². The number of pyridine rings is 2. The molecule has 0 saturated heterocycles. The van der Waals surface area contributed by atoms with Crippen LogP contribution in [-0.2, 0) is 0 Å². The fourth-order valence-electron chi connectivity index (χ4n) is 2.75. The number of carbonyl (C=O) groups is 1. The van der Waals surface area contributed by atoms with E-state index in [1.165, 1.54) is 0 Å². The molecule has 3 aromatic heterocycles. The first-order chi connectivity index (χ1) is 14.0. The summed E-state index contributed by atoms with van der Waals surface area (Å²) >= 11 is 1.57. The van der Waals surface area contributed by atoms with Crippen molar-refractivity contribution in [3.8, 4) is 11.1 Å². The Morgan fingerprint density at radius 1 is 1.03 bits per heavy atom. The van der Waals surface area contributed by atoms with E-state index >= 15 is 0 Å². The van der Waals surface area contributed by atoms with E-state index in [1.807, 2.05) is 26.8 Å². The molecule has 4 rings (SSSR count). The summed E-state index contributed by atoms with van der Waals surface area (Å²) in [5.74, 6) is -2.80. The number of nitrogens with one attached hydrogen (secondary N) is 1. The van der Waals surface area contributed by atoms with E-state index < -0.39 is 23.1 Å². The average Bonchev–Trinajstić information content (AvgIpc) is 3.16. The molecule has 4 aromatic rings. The third-order valence-electron chi connectivity index (χ3n) is 4.07. The maximum absolute atomic E-state index is 13.6. The van der Waals surface area contributed by atoms with Crippen molar-refractivity contribution in [3.05, 3.63) is 71.1 Å². The van der Waals surface area contributed by atoms with Gasteiger partial charge in [0.25, 0.3) is 5.91 Å². The molecule has 0 aliphatic rings. The molecule has 0 bridgehead atoms. The smallest absolute Gasteiger partial charge is 0.262 e. The van der Waals surface area contributed by atoms with Gasteiger partial charge in [0.2, 0.25) is 0 Å². The van der Waals surface area contributed by atoms with E-state index in [1.54, 1.807) is 35.2 Å². The van der Waals surface area contributed by atoms with E-state index in [0.717, 1.165) is 39.3 Å². The van der Waals surface area contributed by atoms with Crippen LogP contribution in [0.2, 0.25) is 0 Å². The topological polar surface area (TPSA) is 67.8 Å². The fourth-order valence-corrected chi connectivity index (χ4v) is 3.51. The molecule has 0 radical (unpaired) electrons. The molecular weight excluding hydrogens is 394 g/mol. The molecule has 29 heavy (non-hydrogen) atoms. The summed E-state index contributed by atoms with van der Waals surface area (Å²) in [6.07, 6.45) is 3.16. The van der Waals surface area contributed by atoms with Crippen LogP contribution in [0, 0.1) is 18.6 Å². The van der Waals surface area contributed by atoms with Crippen molar-refractivity contribution >= 4 is 33.3 Å². The summed E-state index contributed by atoms with van der Waals surface area (Å²) in [7, 11) is 0. The lowest BCUT2D eigenvalue weighted by Crippen LogP contribution is -2.16. The molecule has 5 nitrogen and oxygen atoms in total. The number of halogens is 2. The van der Waals surface area contributed by atoms with Crippen LogP contribution in [0.15, 0.2) is 48.4 Å². The molecule has 0 fully saturated rings. The van der Waals surface area contributed by atoms with Crippen molar-refractivity contribution in [2.75, 3.05) is 5.32 Å². The summed E-state index contributed by atoms with van der Waals surface area (Å²) < 4.78 is 28.4. The van der Waals surface area contributed by atoms with Gasteiger partial charge in [0, 0.05) is 11.8 Å². The number of rotatable bonds is 3. The Balaban J connectivity index is 0.00000117. The lowest BCUT2D eigenvalue weighted by atomic mass is 10.0. The minimum Gasteiger partial charge on any atom is -0.306 e. The quantitative estimate of drug-likeness (QED) is 0.474. The van der Waals surface area contributed by atoms with Crippen LogP contribution in [0.3, 0.4) is 0 Å². The number of hydrogen-bond acceptors (Lipinski definition) is 5. The Bertz CT molecular complexity index is 1140. The van der Waals surface area contributed by atoms with E-state index in [9.17, 15) is 13.6 Å². The van der Waals surface area contributed by atoms with Crippen molar-refractivity contribution in [3.63, 3.8) is 0 Å². The standard InChI is InChI=1S/C19H12F2N4OS.C2H6/c1-10-4-16-15(24-9-27-16)5-12(10)11-2-3-17(23-6-11)25-19(26)18-13(20)7-22-8-14(18)21;1-2/h2-9H,1H3,(H,23,25,26);1-2H3. The molecule has 0 atom stereocenters. The largest absolute Gasteiger partial charge is 0.306 e. The number of aryl methyl sites for hydroxylation is 1. The Morgan fingerprint density at radius 3 is 2.41 bits per heavy atom. The summed E-state index contributed by atoms with van der Waals surface area (Å²) in [4.78, 5) is 24.0. The molecular formula is C21H18F2N4OS. The molecule has 1 N–H and O–H groups in total. The Hall–Kier alpha value is -3.26. The minimum absolute atomic E-state index is 0.187. The zero-order valence-electron chi connectivity index (χ0n) is 16.0. The van der Waals surface area contributed by atoms with E-state index in [2.05, 4.69) is 26.3 Å². The van der Waals surface area contributed by atoms with Gasteiger partial charge in [0.1, 0.15) is 11.4 Å². The van der Waals surface area contributed by atoms with E-state index in [0.29, 0.717) is 0 Å². The van der Waals surface area contributed by atoms with E-state index in [4.69, 9.17) is 0 Å². The maximum Gasteiger partial charge on any atom is 0.262 e. The number of hydrogen-bond donors (Lipinski definition) is 1. The van der Waals surface area contributed by atoms with Crippen LogP contribution in [0.25, 0.3) is 21.3 Å². The molecule has 1 amide bonds. The number of fused-ring (bicyclic) bond motifs is 1. The Labute approximate surface area is 170 Å². The summed E-state index contributed by atoms with van der Waals surface area (Å²) in [6, 6.07) is 7.41. The van der Waals surface area contributed by atoms with Gasteiger partial charge in [-0.1, -0.05) is 13.8 Å². The second kappa shape index (κ2) is 8.83. The monoisotopic (exact) mass is 412 g/mol. The predicted molar refractivity (Wildman–Crippen MR) is 111 cm³/mol. The number of benzene rings is 1. The molecule has 0 spiro atoms. The van der Waals surface area contributed by atoms with Crippen LogP contribution in [0.1, 0.15) is 29.8 Å². The highest BCUT2D eigenvalue weighted by atomic mass is 32.1. The van der Waals surface area contributed by atoms with Crippen LogP contribution in [0.4, 0.5) is 14.6 Å². The van der Waals surface area contributed by atoms with Crippen molar-refractivity contribution in [2.45, 2.75) is 20.8 Å². The van der Waals surface area contributed by atoms with Gasteiger partial charge in [-0.3, -0.25) is 9.78 Å². The van der Waals surface area contributed by atoms with Gasteiger partial charge in [-0.2, -0.15) is 0 Å². The highest BCUT2D eigenvalue weighted by Gasteiger charge is 2.18. The fraction of sp³-hybridized carbons (Fsp3) is 0.143. The lowest BCUT2D eigenvalue weighted by Gasteiger charge is -2.09. The Morgan fingerprint density at radius 2 is 1.76 bits per heavy atom. The number of thiazole rings is 1. The first-order valence-corrected chi connectivity index (χ1v) is 9.81. The zero-order valence-corrected chi connectivity index (χ0v) is 16.8. The summed E-state index contributed by atoms with van der Waals surface area (Å²) in [5, 5.41) is 2.39. The van der Waals surface area contributed by atoms with Crippen LogP contribution >= 0.6 is 11.3 Å². The van der Waals surface area contributed by atoms with Gasteiger partial charge in [0.15, 0.2) is 11.6 Å². The molecule has 0 unspecified atom stereocenters. The molecule has 0 aliphatic heterocycles. The average molecular weight is 412 g/mol. The number of nitrogens with zero attached hydrogens (tertiary/aromatic N) is 3. The Kier molecular flexibility index (Phi) is 6.23. The van der Waals surface area contributed by atoms with Crippen LogP contribution < -0.4 is 5.32 Å².